The van der Waals surface area contributed by atoms with Crippen LogP contribution < -0.4 is 4.74 Å². The molecule has 1 N–H and O–H groups in total. The third-order valence-corrected chi connectivity index (χ3v) is 7.20. The molecule has 0 unspecified atom stereocenters. The molecule has 154 valence electrons. The zero-order valence-corrected chi connectivity index (χ0v) is 17.8. The number of carboxylic acids is 1. The van der Waals surface area contributed by atoms with Crippen LogP contribution in [0.25, 0.3) is 26.2 Å². The minimum Gasteiger partial charge on any atom is -0.478 e. The summed E-state index contributed by atoms with van der Waals surface area (Å²) in [6.45, 7) is 0. The number of ether oxygens (including phenoxy) is 1. The molecule has 5 aromatic rings. The molecule has 32 heavy (non-hydrogen) atoms. The Morgan fingerprint density at radius 2 is 1.47 bits per heavy atom. The average molecular weight is 435 g/mol. The van der Waals surface area contributed by atoms with Gasteiger partial charge in [-0.3, -0.25) is 0 Å². The number of benzene rings is 4. The molecule has 0 atom stereocenters. The van der Waals surface area contributed by atoms with Crippen molar-refractivity contribution in [2.45, 2.75) is 5.60 Å². The van der Waals surface area contributed by atoms with Crippen LogP contribution in [0.4, 0.5) is 0 Å². The van der Waals surface area contributed by atoms with E-state index in [9.17, 15) is 9.90 Å². The quantitative estimate of drug-likeness (QED) is 0.329. The monoisotopic (exact) mass is 434 g/mol. The number of hydrogen-bond acceptors (Lipinski definition) is 3. The topological polar surface area (TPSA) is 46.5 Å². The van der Waals surface area contributed by atoms with Crippen molar-refractivity contribution in [3.8, 4) is 5.75 Å². The van der Waals surface area contributed by atoms with Gasteiger partial charge in [-0.15, -0.1) is 11.3 Å². The standard InChI is InChI=1S/C28H18O3S/c29-27(30)22-17-18-15-16-28(19-9-3-1-4-10-19,20-11-5-2-6-12-20)31-25(18)26-24(22)21-13-7-8-14-23(21)32-26/h1-17H,(H,29,30). The molecule has 1 aliphatic rings. The molecule has 0 fully saturated rings. The largest absolute Gasteiger partial charge is 0.478 e. The lowest BCUT2D eigenvalue weighted by atomic mass is 9.83. The first-order chi connectivity index (χ1) is 15.7. The lowest BCUT2D eigenvalue weighted by Gasteiger charge is -2.36. The van der Waals surface area contributed by atoms with E-state index in [1.165, 1.54) is 0 Å². The van der Waals surface area contributed by atoms with E-state index in [1.54, 1.807) is 17.4 Å². The molecule has 0 saturated heterocycles. The van der Waals surface area contributed by atoms with Gasteiger partial charge in [-0.2, -0.15) is 0 Å². The highest BCUT2D eigenvalue weighted by atomic mass is 32.1. The van der Waals surface area contributed by atoms with Gasteiger partial charge in [0.25, 0.3) is 0 Å². The summed E-state index contributed by atoms with van der Waals surface area (Å²) in [6, 6.07) is 29.9. The Morgan fingerprint density at radius 1 is 0.844 bits per heavy atom. The Labute approximate surface area is 188 Å². The first-order valence-corrected chi connectivity index (χ1v) is 11.2. The Kier molecular flexibility index (Phi) is 4.17. The molecule has 3 nitrogen and oxygen atoms in total. The van der Waals surface area contributed by atoms with Crippen molar-refractivity contribution >= 4 is 43.6 Å². The second-order valence-electron chi connectivity index (χ2n) is 7.85. The van der Waals surface area contributed by atoms with Crippen molar-refractivity contribution in [1.82, 2.24) is 0 Å². The molecule has 2 heterocycles. The summed E-state index contributed by atoms with van der Waals surface area (Å²) in [6.07, 6.45) is 4.03. The van der Waals surface area contributed by atoms with Gasteiger partial charge in [0.15, 0.2) is 5.60 Å². The Balaban J connectivity index is 1.68. The number of thiophene rings is 1. The van der Waals surface area contributed by atoms with Gasteiger partial charge in [-0.05, 0) is 18.2 Å². The molecule has 0 saturated carbocycles. The van der Waals surface area contributed by atoms with Crippen molar-refractivity contribution in [3.63, 3.8) is 0 Å². The van der Waals surface area contributed by atoms with Crippen molar-refractivity contribution in [2.75, 3.05) is 0 Å². The van der Waals surface area contributed by atoms with Crippen LogP contribution in [0.2, 0.25) is 0 Å². The van der Waals surface area contributed by atoms with E-state index in [0.29, 0.717) is 5.56 Å². The Hall–Kier alpha value is -3.89. The second kappa shape index (κ2) is 7.08. The van der Waals surface area contributed by atoms with Crippen LogP contribution in [0.15, 0.2) is 97.1 Å². The van der Waals surface area contributed by atoms with Crippen LogP contribution in [-0.4, -0.2) is 11.1 Å². The molecule has 0 bridgehead atoms. The fraction of sp³-hybridized carbons (Fsp3) is 0.0357. The molecular weight excluding hydrogens is 416 g/mol. The third-order valence-electron chi connectivity index (χ3n) is 6.03. The van der Waals surface area contributed by atoms with Crippen molar-refractivity contribution in [3.05, 3.63) is 119 Å². The van der Waals surface area contributed by atoms with Gasteiger partial charge in [0, 0.05) is 32.2 Å². The van der Waals surface area contributed by atoms with E-state index in [2.05, 4.69) is 24.3 Å². The summed E-state index contributed by atoms with van der Waals surface area (Å²) < 4.78 is 8.81. The number of aromatic carboxylic acids is 1. The van der Waals surface area contributed by atoms with E-state index >= 15 is 0 Å². The van der Waals surface area contributed by atoms with Gasteiger partial charge in [0.2, 0.25) is 0 Å². The van der Waals surface area contributed by atoms with Crippen LogP contribution in [0.1, 0.15) is 27.0 Å². The van der Waals surface area contributed by atoms with E-state index in [4.69, 9.17) is 4.74 Å². The number of carboxylic acid groups (broad SMARTS) is 1. The summed E-state index contributed by atoms with van der Waals surface area (Å²) in [5, 5.41) is 11.6. The molecule has 0 amide bonds. The smallest absolute Gasteiger partial charge is 0.336 e. The molecule has 0 aliphatic carbocycles. The number of rotatable bonds is 3. The predicted octanol–water partition coefficient (Wildman–Crippen LogP) is 7.10. The van der Waals surface area contributed by atoms with Gasteiger partial charge >= 0.3 is 5.97 Å². The lowest BCUT2D eigenvalue weighted by molar-refractivity contribution is 0.0699. The fourth-order valence-electron chi connectivity index (χ4n) is 4.55. The van der Waals surface area contributed by atoms with Gasteiger partial charge < -0.3 is 9.84 Å². The molecule has 4 aromatic carbocycles. The molecule has 0 radical (unpaired) electrons. The summed E-state index contributed by atoms with van der Waals surface area (Å²) in [5.74, 6) is -0.209. The maximum atomic E-state index is 12.2. The van der Waals surface area contributed by atoms with Gasteiger partial charge in [0.05, 0.1) is 10.3 Å². The number of hydrogen-bond donors (Lipinski definition) is 1. The highest BCUT2D eigenvalue weighted by Crippen LogP contribution is 2.49. The third kappa shape index (κ3) is 2.70. The molecule has 1 aromatic heterocycles. The van der Waals surface area contributed by atoms with Crippen LogP contribution in [0.5, 0.6) is 5.75 Å². The van der Waals surface area contributed by atoms with Crippen LogP contribution in [-0.2, 0) is 5.60 Å². The normalized spacial score (nSPS) is 14.2. The summed E-state index contributed by atoms with van der Waals surface area (Å²) in [5.41, 5.74) is 2.32. The van der Waals surface area contributed by atoms with Gasteiger partial charge in [0.1, 0.15) is 5.75 Å². The van der Waals surface area contributed by atoms with Crippen molar-refractivity contribution in [2.24, 2.45) is 0 Å². The van der Waals surface area contributed by atoms with Gasteiger partial charge in [-0.25, -0.2) is 4.79 Å². The highest BCUT2D eigenvalue weighted by molar-refractivity contribution is 7.26. The van der Waals surface area contributed by atoms with E-state index in [-0.39, 0.29) is 0 Å². The van der Waals surface area contributed by atoms with Crippen molar-refractivity contribution < 1.29 is 14.6 Å². The zero-order chi connectivity index (χ0) is 21.7. The average Bonchev–Trinajstić information content (AvgIpc) is 3.24. The first-order valence-electron chi connectivity index (χ1n) is 10.4. The zero-order valence-electron chi connectivity index (χ0n) is 17.0. The summed E-state index contributed by atoms with van der Waals surface area (Å²) >= 11 is 1.58. The lowest BCUT2D eigenvalue weighted by Crippen LogP contribution is -2.34. The predicted molar refractivity (Wildman–Crippen MR) is 130 cm³/mol. The minimum absolute atomic E-state index is 0.302. The Bertz CT molecular complexity index is 1480. The maximum Gasteiger partial charge on any atom is 0.336 e. The van der Waals surface area contributed by atoms with Crippen molar-refractivity contribution in [1.29, 1.82) is 0 Å². The number of fused-ring (bicyclic) bond motifs is 5. The van der Waals surface area contributed by atoms with E-state index in [1.807, 2.05) is 72.8 Å². The summed E-state index contributed by atoms with van der Waals surface area (Å²) in [7, 11) is 0. The van der Waals surface area contributed by atoms with Crippen LogP contribution >= 0.6 is 11.3 Å². The maximum absolute atomic E-state index is 12.2. The molecule has 6 rings (SSSR count). The van der Waals surface area contributed by atoms with Gasteiger partial charge in [-0.1, -0.05) is 84.9 Å². The molecule has 4 heteroatoms. The SMILES string of the molecule is O=C(O)c1cc2c(c3sc4ccccc4c13)OC(c1ccccc1)(c1ccccc1)C=C2. The minimum atomic E-state index is -0.933. The van der Waals surface area contributed by atoms with Crippen LogP contribution in [0.3, 0.4) is 0 Å². The Morgan fingerprint density at radius 3 is 2.12 bits per heavy atom. The first kappa shape index (κ1) is 18.8. The second-order valence-corrected chi connectivity index (χ2v) is 8.91. The fourth-order valence-corrected chi connectivity index (χ4v) is 5.77. The molecular formula is C28H18O3S. The van der Waals surface area contributed by atoms with Crippen LogP contribution in [0, 0.1) is 0 Å². The van der Waals surface area contributed by atoms with E-state index < -0.39 is 11.6 Å². The molecule has 1 aliphatic heterocycles. The highest BCUT2D eigenvalue weighted by Gasteiger charge is 2.38. The van der Waals surface area contributed by atoms with E-state index in [0.717, 1.165) is 42.6 Å². The summed E-state index contributed by atoms with van der Waals surface area (Å²) in [4.78, 5) is 12.2. The number of carbonyl (C=O) groups is 1. The molecule has 0 spiro atoms.